The average Bonchev–Trinajstić information content (AvgIpc) is 2.70. The van der Waals surface area contributed by atoms with E-state index in [9.17, 15) is 14.4 Å². The third kappa shape index (κ3) is 6.14. The van der Waals surface area contributed by atoms with Gasteiger partial charge >= 0.3 is 5.97 Å². The zero-order chi connectivity index (χ0) is 19.6. The lowest BCUT2D eigenvalue weighted by Gasteiger charge is -2.10. The second-order valence-corrected chi connectivity index (χ2v) is 5.59. The third-order valence-electron chi connectivity index (χ3n) is 3.71. The Balaban J connectivity index is 1.81. The number of nitrogens with one attached hydrogen (secondary N) is 1. The molecule has 0 unspecified atom stereocenters. The average molecular weight is 371 g/mol. The lowest BCUT2D eigenvalue weighted by atomic mass is 10.1. The smallest absolute Gasteiger partial charge is 0.325 e. The highest BCUT2D eigenvalue weighted by molar-refractivity contribution is 6.00. The molecule has 0 aliphatic carbocycles. The van der Waals surface area contributed by atoms with Crippen LogP contribution in [0.4, 0.5) is 0 Å². The van der Waals surface area contributed by atoms with Gasteiger partial charge in [0.1, 0.15) is 18.0 Å². The fourth-order valence-corrected chi connectivity index (χ4v) is 2.32. The van der Waals surface area contributed by atoms with Crippen LogP contribution in [0, 0.1) is 0 Å². The molecule has 2 rings (SSSR count). The number of amides is 1. The molecule has 7 heteroatoms. The van der Waals surface area contributed by atoms with Crippen LogP contribution in [0.2, 0.25) is 0 Å². The van der Waals surface area contributed by atoms with Crippen LogP contribution in [-0.4, -0.2) is 45.0 Å². The maximum absolute atomic E-state index is 12.3. The van der Waals surface area contributed by atoms with Gasteiger partial charge in [0.2, 0.25) is 11.7 Å². The molecule has 0 atom stereocenters. The number of ketones is 1. The summed E-state index contributed by atoms with van der Waals surface area (Å²) in [5.41, 5.74) is 1.08. The first-order valence-electron chi connectivity index (χ1n) is 8.25. The van der Waals surface area contributed by atoms with Gasteiger partial charge in [0.05, 0.1) is 26.2 Å². The number of esters is 1. The van der Waals surface area contributed by atoms with Crippen LogP contribution in [0.15, 0.2) is 48.5 Å². The highest BCUT2D eigenvalue weighted by Gasteiger charge is 2.16. The van der Waals surface area contributed by atoms with Gasteiger partial charge in [-0.05, 0) is 23.8 Å². The van der Waals surface area contributed by atoms with E-state index in [0.717, 1.165) is 5.56 Å². The summed E-state index contributed by atoms with van der Waals surface area (Å²) in [7, 11) is 2.92. The molecule has 0 heterocycles. The number of methoxy groups -OCH3 is 2. The van der Waals surface area contributed by atoms with Crippen molar-refractivity contribution in [2.75, 3.05) is 27.4 Å². The molecule has 7 nitrogen and oxygen atoms in total. The zero-order valence-corrected chi connectivity index (χ0v) is 15.2. The first-order chi connectivity index (χ1) is 13.0. The van der Waals surface area contributed by atoms with Crippen LogP contribution in [0.1, 0.15) is 15.9 Å². The Morgan fingerprint density at radius 2 is 1.70 bits per heavy atom. The van der Waals surface area contributed by atoms with Crippen molar-refractivity contribution in [3.8, 4) is 11.5 Å². The second-order valence-electron chi connectivity index (χ2n) is 5.59. The Hall–Kier alpha value is -3.35. The van der Waals surface area contributed by atoms with Gasteiger partial charge in [0, 0.05) is 0 Å². The number of benzene rings is 2. The van der Waals surface area contributed by atoms with Crippen molar-refractivity contribution < 1.29 is 28.6 Å². The van der Waals surface area contributed by atoms with Crippen LogP contribution >= 0.6 is 0 Å². The summed E-state index contributed by atoms with van der Waals surface area (Å²) in [4.78, 5) is 35.9. The maximum atomic E-state index is 12.3. The van der Waals surface area contributed by atoms with E-state index in [0.29, 0.717) is 11.5 Å². The molecule has 0 bridgehead atoms. The van der Waals surface area contributed by atoms with Crippen molar-refractivity contribution in [3.05, 3.63) is 59.7 Å². The summed E-state index contributed by atoms with van der Waals surface area (Å²) in [5, 5.41) is 2.47. The van der Waals surface area contributed by atoms with Gasteiger partial charge in [-0.2, -0.15) is 0 Å². The zero-order valence-electron chi connectivity index (χ0n) is 15.2. The molecule has 0 saturated carbocycles. The number of ether oxygens (including phenoxy) is 3. The Morgan fingerprint density at radius 3 is 2.37 bits per heavy atom. The molecule has 0 saturated heterocycles. The monoisotopic (exact) mass is 371 g/mol. The summed E-state index contributed by atoms with van der Waals surface area (Å²) in [6, 6.07) is 13.9. The lowest BCUT2D eigenvalue weighted by molar-refractivity contribution is -0.142. The first kappa shape index (κ1) is 20.0. The number of carbonyl (C=O) groups excluding carboxylic acids is 3. The quantitative estimate of drug-likeness (QED) is 0.534. The largest absolute Gasteiger partial charge is 0.497 e. The summed E-state index contributed by atoms with van der Waals surface area (Å²) in [6.45, 7) is -0.773. The SMILES string of the molecule is COc1ccc(OC)c(C(=O)COC(=O)CNC(=O)Cc2ccccc2)c1. The maximum Gasteiger partial charge on any atom is 0.325 e. The Bertz CT molecular complexity index is 803. The molecule has 0 aromatic heterocycles. The summed E-state index contributed by atoms with van der Waals surface area (Å²) >= 11 is 0. The molecule has 0 spiro atoms. The summed E-state index contributed by atoms with van der Waals surface area (Å²) < 4.78 is 15.1. The van der Waals surface area contributed by atoms with Crippen molar-refractivity contribution in [2.45, 2.75) is 6.42 Å². The molecule has 0 radical (unpaired) electrons. The van der Waals surface area contributed by atoms with E-state index >= 15 is 0 Å². The van der Waals surface area contributed by atoms with E-state index < -0.39 is 18.4 Å². The fourth-order valence-electron chi connectivity index (χ4n) is 2.32. The van der Waals surface area contributed by atoms with Gasteiger partial charge < -0.3 is 19.5 Å². The van der Waals surface area contributed by atoms with Crippen LogP contribution in [0.3, 0.4) is 0 Å². The number of Topliss-reactive ketones (excluding diaryl/α,β-unsaturated/α-hetero) is 1. The molecule has 0 fully saturated rings. The highest BCUT2D eigenvalue weighted by Crippen LogP contribution is 2.24. The molecule has 2 aromatic carbocycles. The van der Waals surface area contributed by atoms with E-state index in [-0.39, 0.29) is 24.4 Å². The minimum atomic E-state index is -0.702. The number of hydrogen-bond donors (Lipinski definition) is 1. The number of rotatable bonds is 9. The van der Waals surface area contributed by atoms with Gasteiger partial charge in [-0.1, -0.05) is 30.3 Å². The van der Waals surface area contributed by atoms with Gasteiger partial charge in [-0.3, -0.25) is 14.4 Å². The Kier molecular flexibility index (Phi) is 7.37. The van der Waals surface area contributed by atoms with Gasteiger partial charge in [-0.25, -0.2) is 0 Å². The fraction of sp³-hybridized carbons (Fsp3) is 0.250. The predicted molar refractivity (Wildman–Crippen MR) is 98.0 cm³/mol. The van der Waals surface area contributed by atoms with E-state index in [4.69, 9.17) is 14.2 Å². The number of carbonyl (C=O) groups is 3. The third-order valence-corrected chi connectivity index (χ3v) is 3.71. The second kappa shape index (κ2) is 9.96. The van der Waals surface area contributed by atoms with E-state index in [1.807, 2.05) is 30.3 Å². The first-order valence-corrected chi connectivity index (χ1v) is 8.25. The standard InChI is InChI=1S/C20H21NO6/c1-25-15-8-9-18(26-2)16(11-15)17(22)13-27-20(24)12-21-19(23)10-14-6-4-3-5-7-14/h3-9,11H,10,12-13H2,1-2H3,(H,21,23). The topological polar surface area (TPSA) is 90.9 Å². The van der Waals surface area contributed by atoms with E-state index in [1.165, 1.54) is 20.3 Å². The van der Waals surface area contributed by atoms with Crippen LogP contribution in [-0.2, 0) is 20.7 Å². The van der Waals surface area contributed by atoms with Crippen molar-refractivity contribution in [3.63, 3.8) is 0 Å². The van der Waals surface area contributed by atoms with E-state index in [1.54, 1.807) is 12.1 Å². The number of hydrogen-bond acceptors (Lipinski definition) is 6. The molecule has 142 valence electrons. The molecule has 0 aliphatic rings. The van der Waals surface area contributed by atoms with Gasteiger partial charge in [0.25, 0.3) is 0 Å². The van der Waals surface area contributed by atoms with Crippen molar-refractivity contribution in [1.29, 1.82) is 0 Å². The minimum Gasteiger partial charge on any atom is -0.497 e. The predicted octanol–water partition coefficient (Wildman–Crippen LogP) is 1.79. The van der Waals surface area contributed by atoms with Crippen LogP contribution < -0.4 is 14.8 Å². The van der Waals surface area contributed by atoms with Crippen molar-refractivity contribution >= 4 is 17.7 Å². The van der Waals surface area contributed by atoms with Crippen molar-refractivity contribution in [2.24, 2.45) is 0 Å². The molecule has 1 amide bonds. The lowest BCUT2D eigenvalue weighted by Crippen LogP contribution is -2.32. The van der Waals surface area contributed by atoms with Gasteiger partial charge in [-0.15, -0.1) is 0 Å². The van der Waals surface area contributed by atoms with Crippen LogP contribution in [0.25, 0.3) is 0 Å². The van der Waals surface area contributed by atoms with Crippen molar-refractivity contribution in [1.82, 2.24) is 5.32 Å². The molecule has 27 heavy (non-hydrogen) atoms. The van der Waals surface area contributed by atoms with Crippen LogP contribution in [0.5, 0.6) is 11.5 Å². The molecular weight excluding hydrogens is 350 g/mol. The normalized spacial score (nSPS) is 10.0. The molecule has 2 aromatic rings. The molecular formula is C20H21NO6. The Labute approximate surface area is 157 Å². The Morgan fingerprint density at radius 1 is 0.963 bits per heavy atom. The molecule has 1 N–H and O–H groups in total. The summed E-state index contributed by atoms with van der Waals surface area (Å²) in [6.07, 6.45) is 0.161. The molecule has 0 aliphatic heterocycles. The summed E-state index contributed by atoms with van der Waals surface area (Å²) in [5.74, 6) is -0.605. The van der Waals surface area contributed by atoms with E-state index in [2.05, 4.69) is 5.32 Å². The highest BCUT2D eigenvalue weighted by atomic mass is 16.5. The van der Waals surface area contributed by atoms with Gasteiger partial charge in [0.15, 0.2) is 6.61 Å². The minimum absolute atomic E-state index is 0.161.